The molecule has 5 rings (SSSR count). The summed E-state index contributed by atoms with van der Waals surface area (Å²) >= 11 is 2.83. The minimum Gasteiger partial charge on any atom is -0.322 e. The molecule has 1 unspecified atom stereocenters. The molecular weight excluding hydrogens is 510 g/mol. The van der Waals surface area contributed by atoms with Crippen LogP contribution in [0.15, 0.2) is 119 Å². The molecule has 0 aliphatic heterocycles. The summed E-state index contributed by atoms with van der Waals surface area (Å²) in [4.78, 5) is 31.8. The average Bonchev–Trinajstić information content (AvgIpc) is 3.41. The number of carbonyl (C=O) groups is 2. The van der Waals surface area contributed by atoms with Crippen LogP contribution in [-0.2, 0) is 4.79 Å². The topological polar surface area (TPSA) is 71.1 Å². The number of hydrogen-bond acceptors (Lipinski definition) is 5. The van der Waals surface area contributed by atoms with Gasteiger partial charge in [-0.25, -0.2) is 4.98 Å². The highest BCUT2D eigenvalue weighted by Crippen LogP contribution is 2.37. The van der Waals surface area contributed by atoms with E-state index in [1.807, 2.05) is 115 Å². The summed E-state index contributed by atoms with van der Waals surface area (Å²) in [6.07, 6.45) is 0. The Morgan fingerprint density at radius 2 is 1.53 bits per heavy atom. The number of benzene rings is 4. The van der Waals surface area contributed by atoms with E-state index in [2.05, 4.69) is 15.6 Å². The largest absolute Gasteiger partial charge is 0.322 e. The molecule has 1 aromatic heterocycles. The van der Waals surface area contributed by atoms with E-state index in [1.54, 1.807) is 6.07 Å². The lowest BCUT2D eigenvalue weighted by Gasteiger charge is -2.17. The van der Waals surface area contributed by atoms with Gasteiger partial charge in [0.1, 0.15) is 5.25 Å². The third-order valence-corrected chi connectivity index (χ3v) is 7.89. The predicted molar refractivity (Wildman–Crippen MR) is 157 cm³/mol. The van der Waals surface area contributed by atoms with E-state index in [4.69, 9.17) is 0 Å². The number of nitrogens with zero attached hydrogens (tertiary/aromatic N) is 1. The highest BCUT2D eigenvalue weighted by atomic mass is 32.2. The molecule has 2 amide bonds. The van der Waals surface area contributed by atoms with E-state index in [1.165, 1.54) is 23.1 Å². The van der Waals surface area contributed by atoms with E-state index in [0.29, 0.717) is 16.4 Å². The Labute approximate surface area is 230 Å². The fraction of sp³-hybridized carbons (Fsp3) is 0.0645. The molecule has 1 heterocycles. The number of aromatic nitrogens is 1. The summed E-state index contributed by atoms with van der Waals surface area (Å²) in [6.45, 7) is 1.91. The van der Waals surface area contributed by atoms with Crippen molar-refractivity contribution in [2.75, 3.05) is 10.6 Å². The molecule has 0 saturated heterocycles. The number of thiazole rings is 1. The third-order valence-electron chi connectivity index (χ3n) is 5.88. The van der Waals surface area contributed by atoms with Gasteiger partial charge in [0.15, 0.2) is 5.13 Å². The Morgan fingerprint density at radius 3 is 2.29 bits per heavy atom. The first-order valence-electron chi connectivity index (χ1n) is 12.1. The molecule has 4 aromatic carbocycles. The second-order valence-electron chi connectivity index (χ2n) is 8.60. The number of hydrogen-bond donors (Lipinski definition) is 2. The third kappa shape index (κ3) is 6.19. The smallest absolute Gasteiger partial charge is 0.255 e. The number of nitrogens with one attached hydrogen (secondary N) is 2. The van der Waals surface area contributed by atoms with Gasteiger partial charge >= 0.3 is 0 Å². The van der Waals surface area contributed by atoms with Crippen molar-refractivity contribution in [2.24, 2.45) is 0 Å². The molecule has 0 bridgehead atoms. The monoisotopic (exact) mass is 535 g/mol. The minimum absolute atomic E-state index is 0.162. The lowest BCUT2D eigenvalue weighted by molar-refractivity contribution is -0.115. The van der Waals surface area contributed by atoms with E-state index >= 15 is 0 Å². The molecule has 38 heavy (non-hydrogen) atoms. The Balaban J connectivity index is 1.34. The maximum absolute atomic E-state index is 13.5. The maximum Gasteiger partial charge on any atom is 0.255 e. The van der Waals surface area contributed by atoms with Crippen LogP contribution in [0.2, 0.25) is 0 Å². The first-order valence-corrected chi connectivity index (χ1v) is 13.8. The Kier molecular flexibility index (Phi) is 7.97. The van der Waals surface area contributed by atoms with E-state index < -0.39 is 5.25 Å². The summed E-state index contributed by atoms with van der Waals surface area (Å²) in [5.41, 5.74) is 4.92. The van der Waals surface area contributed by atoms with Crippen molar-refractivity contribution in [1.29, 1.82) is 0 Å². The predicted octanol–water partition coefficient (Wildman–Crippen LogP) is 7.84. The molecule has 5 nitrogen and oxygen atoms in total. The number of carbonyl (C=O) groups excluding carboxylic acids is 2. The summed E-state index contributed by atoms with van der Waals surface area (Å²) < 4.78 is 0. The van der Waals surface area contributed by atoms with Gasteiger partial charge < -0.3 is 10.6 Å². The van der Waals surface area contributed by atoms with E-state index in [9.17, 15) is 9.59 Å². The average molecular weight is 536 g/mol. The summed E-state index contributed by atoms with van der Waals surface area (Å²) in [5, 5.41) is 7.96. The van der Waals surface area contributed by atoms with Gasteiger partial charge in [0.2, 0.25) is 5.91 Å². The Morgan fingerprint density at radius 1 is 0.816 bits per heavy atom. The molecule has 2 N–H and O–H groups in total. The molecule has 0 aliphatic rings. The number of aryl methyl sites for hydroxylation is 1. The number of amides is 2. The van der Waals surface area contributed by atoms with Gasteiger partial charge in [-0.05, 0) is 42.3 Å². The maximum atomic E-state index is 13.5. The molecular formula is C31H25N3O2S2. The van der Waals surface area contributed by atoms with Gasteiger partial charge in [0, 0.05) is 27.1 Å². The highest BCUT2D eigenvalue weighted by molar-refractivity contribution is 8.00. The summed E-state index contributed by atoms with van der Waals surface area (Å²) in [5.74, 6) is -0.329. The van der Waals surface area contributed by atoms with Crippen molar-refractivity contribution in [3.8, 4) is 11.3 Å². The van der Waals surface area contributed by atoms with Gasteiger partial charge in [-0.15, -0.1) is 23.1 Å². The van der Waals surface area contributed by atoms with Gasteiger partial charge in [-0.1, -0.05) is 84.9 Å². The quantitative estimate of drug-likeness (QED) is 0.199. The fourth-order valence-electron chi connectivity index (χ4n) is 3.95. The second-order valence-corrected chi connectivity index (χ2v) is 10.6. The van der Waals surface area contributed by atoms with Crippen molar-refractivity contribution in [2.45, 2.75) is 17.1 Å². The number of thioether (sulfide) groups is 1. The molecule has 0 radical (unpaired) electrons. The van der Waals surface area contributed by atoms with Crippen LogP contribution in [0.1, 0.15) is 26.7 Å². The zero-order valence-electron chi connectivity index (χ0n) is 20.6. The lowest BCUT2D eigenvalue weighted by atomic mass is 10.1. The SMILES string of the molecule is Cc1ccccc1C(=O)Nc1cccc(SC(C(=O)Nc2nc(-c3ccccc3)cs2)c2ccccc2)c1. The molecule has 5 aromatic rings. The highest BCUT2D eigenvalue weighted by Gasteiger charge is 2.23. The second kappa shape index (κ2) is 11.9. The van der Waals surface area contributed by atoms with Gasteiger partial charge in [0.25, 0.3) is 5.91 Å². The van der Waals surface area contributed by atoms with Crippen LogP contribution in [0.25, 0.3) is 11.3 Å². The molecule has 7 heteroatoms. The van der Waals surface area contributed by atoms with Crippen LogP contribution < -0.4 is 10.6 Å². The molecule has 0 aliphatic carbocycles. The summed E-state index contributed by atoms with van der Waals surface area (Å²) in [6, 6.07) is 34.6. The molecule has 0 saturated carbocycles. The van der Waals surface area contributed by atoms with E-state index in [0.717, 1.165) is 27.3 Å². The Hall–Kier alpha value is -4.20. The first kappa shape index (κ1) is 25.4. The molecule has 1 atom stereocenters. The van der Waals surface area contributed by atoms with Crippen molar-refractivity contribution >= 4 is 45.7 Å². The molecule has 188 valence electrons. The Bertz CT molecular complexity index is 1550. The first-order chi connectivity index (χ1) is 18.6. The number of anilines is 2. The van der Waals surface area contributed by atoms with Crippen molar-refractivity contribution in [3.63, 3.8) is 0 Å². The zero-order chi connectivity index (χ0) is 26.3. The van der Waals surface area contributed by atoms with Crippen LogP contribution in [0.3, 0.4) is 0 Å². The standard InChI is InChI=1S/C31H25N3O2S2/c1-21-11-8-9-18-26(21)29(35)32-24-16-10-17-25(19-24)38-28(23-14-6-3-7-15-23)30(36)34-31-33-27(20-37-31)22-12-4-2-5-13-22/h2-20,28H,1H3,(H,32,35)(H,33,34,36). The van der Waals surface area contributed by atoms with Gasteiger partial charge in [-0.3, -0.25) is 9.59 Å². The van der Waals surface area contributed by atoms with Crippen LogP contribution in [0, 0.1) is 6.92 Å². The van der Waals surface area contributed by atoms with Gasteiger partial charge in [-0.2, -0.15) is 0 Å². The van der Waals surface area contributed by atoms with Crippen molar-refractivity contribution in [1.82, 2.24) is 4.98 Å². The normalized spacial score (nSPS) is 11.5. The zero-order valence-corrected chi connectivity index (χ0v) is 22.3. The molecule has 0 fully saturated rings. The minimum atomic E-state index is -0.511. The van der Waals surface area contributed by atoms with E-state index in [-0.39, 0.29) is 11.8 Å². The van der Waals surface area contributed by atoms with Crippen LogP contribution in [0.5, 0.6) is 0 Å². The summed E-state index contributed by atoms with van der Waals surface area (Å²) in [7, 11) is 0. The van der Waals surface area contributed by atoms with Gasteiger partial charge in [0.05, 0.1) is 5.69 Å². The van der Waals surface area contributed by atoms with Crippen molar-refractivity contribution in [3.05, 3.63) is 131 Å². The van der Waals surface area contributed by atoms with Crippen LogP contribution in [0.4, 0.5) is 10.8 Å². The lowest BCUT2D eigenvalue weighted by Crippen LogP contribution is -2.19. The molecule has 0 spiro atoms. The van der Waals surface area contributed by atoms with Crippen LogP contribution >= 0.6 is 23.1 Å². The number of rotatable bonds is 8. The van der Waals surface area contributed by atoms with Crippen LogP contribution in [-0.4, -0.2) is 16.8 Å². The van der Waals surface area contributed by atoms with Crippen molar-refractivity contribution < 1.29 is 9.59 Å². The fourth-order valence-corrected chi connectivity index (χ4v) is 5.76.